The zero-order valence-electron chi connectivity index (χ0n) is 22.0. The zero-order chi connectivity index (χ0) is 26.5. The average Bonchev–Trinajstić information content (AvgIpc) is 3.03. The molecule has 0 atom stereocenters. The molecule has 0 spiro atoms. The molecule has 8 aromatic rings. The first-order valence-electron chi connectivity index (χ1n) is 13.9. The largest absolute Gasteiger partial charge is 0.0622 e. The topological polar surface area (TPSA) is 0 Å². The molecule has 0 amide bonds. The van der Waals surface area contributed by atoms with Crippen molar-refractivity contribution in [2.24, 2.45) is 0 Å². The van der Waals surface area contributed by atoms with Crippen LogP contribution in [0.1, 0.15) is 0 Å². The Bertz CT molecular complexity index is 2130. The average molecular weight is 507 g/mol. The third kappa shape index (κ3) is 3.54. The normalized spacial score (nSPS) is 11.5. The molecule has 0 aliphatic heterocycles. The third-order valence-electron chi connectivity index (χ3n) is 8.23. The Morgan fingerprint density at radius 1 is 0.250 bits per heavy atom. The zero-order valence-corrected chi connectivity index (χ0v) is 22.0. The summed E-state index contributed by atoms with van der Waals surface area (Å²) >= 11 is 0. The van der Waals surface area contributed by atoms with Crippen LogP contribution in [0.3, 0.4) is 0 Å². The Hall–Kier alpha value is -5.20. The summed E-state index contributed by atoms with van der Waals surface area (Å²) < 4.78 is 0. The van der Waals surface area contributed by atoms with Gasteiger partial charge < -0.3 is 0 Å². The summed E-state index contributed by atoms with van der Waals surface area (Å²) in [5, 5.41) is 10.2. The van der Waals surface area contributed by atoms with E-state index in [0.29, 0.717) is 0 Å². The maximum atomic E-state index is 2.42. The molecule has 0 fully saturated rings. The van der Waals surface area contributed by atoms with Gasteiger partial charge in [-0.15, -0.1) is 0 Å². The van der Waals surface area contributed by atoms with E-state index in [-0.39, 0.29) is 0 Å². The van der Waals surface area contributed by atoms with Crippen molar-refractivity contribution < 1.29 is 0 Å². The number of hydrogen-bond acceptors (Lipinski definition) is 0. The van der Waals surface area contributed by atoms with Gasteiger partial charge in [-0.1, -0.05) is 146 Å². The molecule has 0 aromatic heterocycles. The van der Waals surface area contributed by atoms with Crippen LogP contribution in [-0.2, 0) is 0 Å². The Labute approximate surface area is 233 Å². The fourth-order valence-electron chi connectivity index (χ4n) is 6.47. The highest BCUT2D eigenvalue weighted by atomic mass is 14.2. The van der Waals surface area contributed by atoms with E-state index in [1.807, 2.05) is 0 Å². The monoisotopic (exact) mass is 506 g/mol. The van der Waals surface area contributed by atoms with E-state index in [2.05, 4.69) is 158 Å². The second-order valence-corrected chi connectivity index (χ2v) is 10.5. The van der Waals surface area contributed by atoms with Crippen LogP contribution in [0.25, 0.3) is 76.5 Å². The first-order chi connectivity index (χ1) is 19.9. The van der Waals surface area contributed by atoms with Crippen molar-refractivity contribution >= 4 is 43.1 Å². The van der Waals surface area contributed by atoms with Gasteiger partial charge in [0.15, 0.2) is 0 Å². The summed E-state index contributed by atoms with van der Waals surface area (Å²) in [6.45, 7) is 0. The van der Waals surface area contributed by atoms with Gasteiger partial charge in [0.1, 0.15) is 0 Å². The highest BCUT2D eigenvalue weighted by Crippen LogP contribution is 2.45. The van der Waals surface area contributed by atoms with Crippen LogP contribution in [0.4, 0.5) is 0 Å². The van der Waals surface area contributed by atoms with Crippen LogP contribution in [-0.4, -0.2) is 0 Å². The van der Waals surface area contributed by atoms with E-state index in [1.54, 1.807) is 0 Å². The van der Waals surface area contributed by atoms with Crippen molar-refractivity contribution in [3.63, 3.8) is 0 Å². The molecule has 8 aromatic carbocycles. The minimum atomic E-state index is 1.24. The molecule has 8 rings (SSSR count). The second-order valence-electron chi connectivity index (χ2n) is 10.5. The molecule has 0 aliphatic carbocycles. The second kappa shape index (κ2) is 9.22. The molecule has 0 bridgehead atoms. The summed E-state index contributed by atoms with van der Waals surface area (Å²) in [7, 11) is 0. The maximum Gasteiger partial charge on any atom is -0.00261 e. The molecule has 0 unspecified atom stereocenters. The van der Waals surface area contributed by atoms with Crippen LogP contribution in [0.15, 0.2) is 158 Å². The molecular formula is C40H26. The summed E-state index contributed by atoms with van der Waals surface area (Å²) in [5.74, 6) is 0. The lowest BCUT2D eigenvalue weighted by atomic mass is 9.84. The van der Waals surface area contributed by atoms with Crippen molar-refractivity contribution in [3.8, 4) is 33.4 Å². The van der Waals surface area contributed by atoms with Crippen molar-refractivity contribution in [2.45, 2.75) is 0 Å². The molecule has 0 heterocycles. The van der Waals surface area contributed by atoms with E-state index >= 15 is 0 Å². The highest BCUT2D eigenvalue weighted by molar-refractivity contribution is 6.22. The smallest absolute Gasteiger partial charge is 0.00261 e. The predicted octanol–water partition coefficient (Wildman–Crippen LogP) is 11.3. The molecule has 0 saturated heterocycles. The van der Waals surface area contributed by atoms with Crippen LogP contribution >= 0.6 is 0 Å². The van der Waals surface area contributed by atoms with E-state index in [9.17, 15) is 0 Å². The standard InChI is InChI=1S/C40H26/c1-3-13-27(14-4-1)37-25-29-17-7-8-18-31(29)32-24-23-30(26-38(32)37)40-35-21-11-9-19-33(35)39(28-15-5-2-6-16-28)34-20-10-12-22-36(34)40/h1-26H. The number of benzene rings is 8. The van der Waals surface area contributed by atoms with E-state index < -0.39 is 0 Å². The van der Waals surface area contributed by atoms with Gasteiger partial charge in [-0.05, 0) is 88.6 Å². The summed E-state index contributed by atoms with van der Waals surface area (Å²) in [6, 6.07) is 57.5. The molecule has 40 heavy (non-hydrogen) atoms. The summed E-state index contributed by atoms with van der Waals surface area (Å²) in [5.41, 5.74) is 7.59. The lowest BCUT2D eigenvalue weighted by Crippen LogP contribution is -1.91. The van der Waals surface area contributed by atoms with Crippen LogP contribution < -0.4 is 0 Å². The van der Waals surface area contributed by atoms with Gasteiger partial charge in [0.2, 0.25) is 0 Å². The molecule has 0 N–H and O–H groups in total. The first kappa shape index (κ1) is 22.8. The van der Waals surface area contributed by atoms with Gasteiger partial charge >= 0.3 is 0 Å². The number of fused-ring (bicyclic) bond motifs is 5. The van der Waals surface area contributed by atoms with Crippen molar-refractivity contribution in [2.75, 3.05) is 0 Å². The number of rotatable bonds is 3. The van der Waals surface area contributed by atoms with Gasteiger partial charge in [0.25, 0.3) is 0 Å². The van der Waals surface area contributed by atoms with E-state index in [4.69, 9.17) is 0 Å². The van der Waals surface area contributed by atoms with E-state index in [0.717, 1.165) is 0 Å². The minimum Gasteiger partial charge on any atom is -0.0622 e. The van der Waals surface area contributed by atoms with Gasteiger partial charge in [-0.2, -0.15) is 0 Å². The summed E-state index contributed by atoms with van der Waals surface area (Å²) in [6.07, 6.45) is 0. The molecule has 0 nitrogen and oxygen atoms in total. The third-order valence-corrected chi connectivity index (χ3v) is 8.23. The quantitative estimate of drug-likeness (QED) is 0.165. The lowest BCUT2D eigenvalue weighted by molar-refractivity contribution is 1.65. The van der Waals surface area contributed by atoms with E-state index in [1.165, 1.54) is 76.5 Å². The Morgan fingerprint density at radius 2 is 0.725 bits per heavy atom. The summed E-state index contributed by atoms with van der Waals surface area (Å²) in [4.78, 5) is 0. The van der Waals surface area contributed by atoms with Crippen molar-refractivity contribution in [1.29, 1.82) is 0 Å². The van der Waals surface area contributed by atoms with Crippen LogP contribution in [0.5, 0.6) is 0 Å². The van der Waals surface area contributed by atoms with Gasteiger partial charge in [-0.3, -0.25) is 0 Å². The SMILES string of the molecule is c1ccc(-c2c3ccccc3c(-c3ccc4c(c3)c(-c3ccccc3)cc3ccccc34)c3ccccc23)cc1. The fourth-order valence-corrected chi connectivity index (χ4v) is 6.47. The Balaban J connectivity index is 1.50. The molecule has 0 saturated carbocycles. The van der Waals surface area contributed by atoms with Gasteiger partial charge in [-0.25, -0.2) is 0 Å². The Kier molecular flexibility index (Phi) is 5.24. The van der Waals surface area contributed by atoms with Crippen molar-refractivity contribution in [3.05, 3.63) is 158 Å². The molecule has 0 aliphatic rings. The predicted molar refractivity (Wildman–Crippen MR) is 173 cm³/mol. The number of hydrogen-bond donors (Lipinski definition) is 0. The Morgan fingerprint density at radius 3 is 1.32 bits per heavy atom. The molecule has 186 valence electrons. The minimum absolute atomic E-state index is 1.24. The van der Waals surface area contributed by atoms with Gasteiger partial charge in [0.05, 0.1) is 0 Å². The van der Waals surface area contributed by atoms with Gasteiger partial charge in [0, 0.05) is 0 Å². The molecule has 0 heteroatoms. The maximum absolute atomic E-state index is 2.42. The highest BCUT2D eigenvalue weighted by Gasteiger charge is 2.17. The van der Waals surface area contributed by atoms with Crippen LogP contribution in [0.2, 0.25) is 0 Å². The lowest BCUT2D eigenvalue weighted by Gasteiger charge is -2.19. The molecule has 0 radical (unpaired) electrons. The van der Waals surface area contributed by atoms with Crippen LogP contribution in [0, 0.1) is 0 Å². The first-order valence-corrected chi connectivity index (χ1v) is 13.9. The fraction of sp³-hybridized carbons (Fsp3) is 0. The molecular weight excluding hydrogens is 480 g/mol. The van der Waals surface area contributed by atoms with Crippen molar-refractivity contribution in [1.82, 2.24) is 0 Å².